The van der Waals surface area contributed by atoms with Crippen molar-refractivity contribution < 1.29 is 32.2 Å². The summed E-state index contributed by atoms with van der Waals surface area (Å²) in [5, 5.41) is 2.85. The van der Waals surface area contributed by atoms with E-state index in [1.807, 2.05) is 0 Å². The summed E-state index contributed by atoms with van der Waals surface area (Å²) in [6, 6.07) is 8.44. The van der Waals surface area contributed by atoms with Gasteiger partial charge in [-0.2, -0.15) is 0 Å². The van der Waals surface area contributed by atoms with Gasteiger partial charge in [0.1, 0.15) is 17.2 Å². The fraction of sp³-hybridized carbons (Fsp3) is 0.176. The van der Waals surface area contributed by atoms with E-state index in [0.717, 1.165) is 17.4 Å². The van der Waals surface area contributed by atoms with Gasteiger partial charge >= 0.3 is 6.36 Å². The molecule has 0 spiro atoms. The number of ether oxygens (including phenoxy) is 3. The highest BCUT2D eigenvalue weighted by Crippen LogP contribution is 2.32. The molecule has 0 bridgehead atoms. The Kier molecular flexibility index (Phi) is 5.08. The summed E-state index contributed by atoms with van der Waals surface area (Å²) in [5.74, 6) is 0.0718. The zero-order valence-corrected chi connectivity index (χ0v) is 14.9. The summed E-state index contributed by atoms with van der Waals surface area (Å²) in [5.41, 5.74) is 0.722. The first-order valence-electron chi connectivity index (χ1n) is 7.48. The fourth-order valence-corrected chi connectivity index (χ4v) is 3.15. The predicted molar refractivity (Wildman–Crippen MR) is 93.8 cm³/mol. The van der Waals surface area contributed by atoms with Crippen LogP contribution in [0.5, 0.6) is 17.2 Å². The molecule has 1 heterocycles. The Bertz CT molecular complexity index is 966. The average molecular weight is 398 g/mol. The Morgan fingerprint density at radius 3 is 2.30 bits per heavy atom. The quantitative estimate of drug-likeness (QED) is 0.687. The number of benzene rings is 2. The Morgan fingerprint density at radius 1 is 1.04 bits per heavy atom. The monoisotopic (exact) mass is 398 g/mol. The van der Waals surface area contributed by atoms with E-state index in [0.29, 0.717) is 21.7 Å². The van der Waals surface area contributed by atoms with Gasteiger partial charge < -0.3 is 14.2 Å². The second kappa shape index (κ2) is 7.31. The van der Waals surface area contributed by atoms with Gasteiger partial charge in [0.05, 0.1) is 24.4 Å². The molecule has 0 unspecified atom stereocenters. The number of carbonyl (C=O) groups is 1. The third-order valence-corrected chi connectivity index (χ3v) is 4.36. The van der Waals surface area contributed by atoms with Gasteiger partial charge in [-0.15, -0.1) is 13.2 Å². The summed E-state index contributed by atoms with van der Waals surface area (Å²) in [4.78, 5) is 16.6. The third kappa shape index (κ3) is 4.59. The number of hydrogen-bond donors (Lipinski definition) is 1. The van der Waals surface area contributed by atoms with E-state index >= 15 is 0 Å². The molecular formula is C17H13F3N2O4S. The SMILES string of the molecule is COc1cc(OC)cc(C(=O)Nc2nc3ccc(OC(F)(F)F)cc3s2)c1. The molecule has 6 nitrogen and oxygen atoms in total. The maximum atomic E-state index is 12.5. The van der Waals surface area contributed by atoms with Crippen molar-refractivity contribution in [2.24, 2.45) is 0 Å². The molecule has 0 fully saturated rings. The summed E-state index contributed by atoms with van der Waals surface area (Å²) in [6.07, 6.45) is -4.78. The van der Waals surface area contributed by atoms with Gasteiger partial charge in [-0.1, -0.05) is 11.3 Å². The normalized spacial score (nSPS) is 11.3. The molecule has 0 saturated heterocycles. The molecule has 0 saturated carbocycles. The number of amides is 1. The number of carbonyl (C=O) groups excluding carboxylic acids is 1. The summed E-state index contributed by atoms with van der Waals surface area (Å²) in [7, 11) is 2.93. The van der Waals surface area contributed by atoms with Crippen LogP contribution in [0.3, 0.4) is 0 Å². The minimum absolute atomic E-state index is 0.237. The minimum atomic E-state index is -4.78. The van der Waals surface area contributed by atoms with Crippen LogP contribution in [0.15, 0.2) is 36.4 Å². The zero-order chi connectivity index (χ0) is 19.6. The first-order valence-corrected chi connectivity index (χ1v) is 8.30. The zero-order valence-electron chi connectivity index (χ0n) is 14.1. The summed E-state index contributed by atoms with van der Waals surface area (Å²) >= 11 is 1.03. The minimum Gasteiger partial charge on any atom is -0.497 e. The molecule has 1 amide bonds. The highest BCUT2D eigenvalue weighted by atomic mass is 32.1. The standard InChI is InChI=1S/C17H13F3N2O4S/c1-24-11-5-9(6-12(7-11)25-2)15(23)22-16-21-13-4-3-10(8-14(13)27-16)26-17(18,19)20/h3-8H,1-2H3,(H,21,22,23). The van der Waals surface area contributed by atoms with Crippen molar-refractivity contribution in [1.29, 1.82) is 0 Å². The molecule has 142 valence electrons. The maximum Gasteiger partial charge on any atom is 0.573 e. The van der Waals surface area contributed by atoms with Gasteiger partial charge in [-0.05, 0) is 24.3 Å². The topological polar surface area (TPSA) is 69.7 Å². The van der Waals surface area contributed by atoms with Gasteiger partial charge in [0.25, 0.3) is 5.91 Å². The smallest absolute Gasteiger partial charge is 0.497 e. The van der Waals surface area contributed by atoms with E-state index < -0.39 is 12.3 Å². The lowest BCUT2D eigenvalue weighted by Crippen LogP contribution is -2.16. The van der Waals surface area contributed by atoms with Crippen LogP contribution >= 0.6 is 11.3 Å². The second-order valence-electron chi connectivity index (χ2n) is 5.25. The number of hydrogen-bond acceptors (Lipinski definition) is 6. The molecule has 0 atom stereocenters. The first-order chi connectivity index (χ1) is 12.8. The Hall–Kier alpha value is -3.01. The molecule has 27 heavy (non-hydrogen) atoms. The van der Waals surface area contributed by atoms with Gasteiger partial charge in [0.15, 0.2) is 5.13 Å². The van der Waals surface area contributed by atoms with E-state index in [2.05, 4.69) is 15.0 Å². The molecule has 2 aromatic carbocycles. The van der Waals surface area contributed by atoms with Crippen LogP contribution in [0.4, 0.5) is 18.3 Å². The number of halogens is 3. The lowest BCUT2D eigenvalue weighted by molar-refractivity contribution is -0.274. The Labute approximate surface area is 155 Å². The van der Waals surface area contributed by atoms with Crippen molar-refractivity contribution in [3.8, 4) is 17.2 Å². The predicted octanol–water partition coefficient (Wildman–Crippen LogP) is 4.46. The number of fused-ring (bicyclic) bond motifs is 1. The van der Waals surface area contributed by atoms with E-state index in [4.69, 9.17) is 9.47 Å². The molecule has 0 radical (unpaired) electrons. The average Bonchev–Trinajstić information content (AvgIpc) is 3.01. The van der Waals surface area contributed by atoms with Crippen molar-refractivity contribution >= 4 is 32.6 Å². The molecule has 1 N–H and O–H groups in total. The van der Waals surface area contributed by atoms with Crippen LogP contribution in [0.2, 0.25) is 0 Å². The van der Waals surface area contributed by atoms with E-state index in [1.165, 1.54) is 38.5 Å². The maximum absolute atomic E-state index is 12.5. The van der Waals surface area contributed by atoms with Crippen LogP contribution in [0, 0.1) is 0 Å². The molecule has 0 aliphatic heterocycles. The number of aromatic nitrogens is 1. The number of thiazole rings is 1. The lowest BCUT2D eigenvalue weighted by Gasteiger charge is -2.08. The number of rotatable bonds is 5. The van der Waals surface area contributed by atoms with Crippen molar-refractivity contribution in [1.82, 2.24) is 4.98 Å². The van der Waals surface area contributed by atoms with E-state index in [1.54, 1.807) is 6.07 Å². The molecule has 10 heteroatoms. The fourth-order valence-electron chi connectivity index (χ4n) is 2.26. The van der Waals surface area contributed by atoms with Crippen LogP contribution in [0.25, 0.3) is 10.2 Å². The largest absolute Gasteiger partial charge is 0.573 e. The van der Waals surface area contributed by atoms with Gasteiger partial charge in [-0.3, -0.25) is 10.1 Å². The van der Waals surface area contributed by atoms with E-state index in [-0.39, 0.29) is 16.4 Å². The number of nitrogens with one attached hydrogen (secondary N) is 1. The van der Waals surface area contributed by atoms with Crippen molar-refractivity contribution in [2.75, 3.05) is 19.5 Å². The van der Waals surface area contributed by atoms with Crippen LogP contribution in [-0.2, 0) is 0 Å². The van der Waals surface area contributed by atoms with Crippen molar-refractivity contribution in [3.05, 3.63) is 42.0 Å². The third-order valence-electron chi connectivity index (χ3n) is 3.43. The number of nitrogens with zero attached hydrogens (tertiary/aromatic N) is 1. The van der Waals surface area contributed by atoms with Crippen molar-refractivity contribution in [2.45, 2.75) is 6.36 Å². The molecular weight excluding hydrogens is 385 g/mol. The van der Waals surface area contributed by atoms with Gasteiger partial charge in [0, 0.05) is 17.7 Å². The van der Waals surface area contributed by atoms with Crippen LogP contribution < -0.4 is 19.5 Å². The Morgan fingerprint density at radius 2 is 1.70 bits per heavy atom. The molecule has 3 rings (SSSR count). The number of methoxy groups -OCH3 is 2. The molecule has 0 aliphatic carbocycles. The molecule has 0 aliphatic rings. The molecule has 1 aromatic heterocycles. The van der Waals surface area contributed by atoms with Gasteiger partial charge in [-0.25, -0.2) is 4.98 Å². The highest BCUT2D eigenvalue weighted by molar-refractivity contribution is 7.22. The molecule has 3 aromatic rings. The number of anilines is 1. The highest BCUT2D eigenvalue weighted by Gasteiger charge is 2.31. The van der Waals surface area contributed by atoms with Gasteiger partial charge in [0.2, 0.25) is 0 Å². The second-order valence-corrected chi connectivity index (χ2v) is 6.28. The number of alkyl halides is 3. The summed E-state index contributed by atoms with van der Waals surface area (Å²) < 4.78 is 51.5. The van der Waals surface area contributed by atoms with E-state index in [9.17, 15) is 18.0 Å². The lowest BCUT2D eigenvalue weighted by atomic mass is 10.2. The van der Waals surface area contributed by atoms with Crippen molar-refractivity contribution in [3.63, 3.8) is 0 Å². The van der Waals surface area contributed by atoms with Crippen LogP contribution in [0.1, 0.15) is 10.4 Å². The summed E-state index contributed by atoms with van der Waals surface area (Å²) in [6.45, 7) is 0. The first kappa shape index (κ1) is 18.8. The Balaban J connectivity index is 1.83. The van der Waals surface area contributed by atoms with Crippen LogP contribution in [-0.4, -0.2) is 31.5 Å².